The zero-order chi connectivity index (χ0) is 15.3. The number of benzene rings is 1. The highest BCUT2D eigenvalue weighted by Crippen LogP contribution is 2.31. The Kier molecular flexibility index (Phi) is 5.83. The summed E-state index contributed by atoms with van der Waals surface area (Å²) in [6, 6.07) is 0. The van der Waals surface area contributed by atoms with Crippen LogP contribution in [0.2, 0.25) is 0 Å². The third-order valence-electron chi connectivity index (χ3n) is 2.14. The molecule has 4 nitrogen and oxygen atoms in total. The van der Waals surface area contributed by atoms with E-state index in [1.165, 1.54) is 0 Å². The summed E-state index contributed by atoms with van der Waals surface area (Å²) in [5.41, 5.74) is 3.65. The second-order valence-electron chi connectivity index (χ2n) is 3.49. The van der Waals surface area contributed by atoms with E-state index in [-0.39, 0.29) is 13.1 Å². The van der Waals surface area contributed by atoms with Gasteiger partial charge in [-0.2, -0.15) is 0 Å². The topological polar surface area (TPSA) is 67.2 Å². The number of amides is 1. The number of carbonyl (C=O) groups is 1. The Hall–Kier alpha value is -1.74. The molecule has 0 heterocycles. The number of nitrogens with two attached hydrogens (primary N) is 1. The van der Waals surface area contributed by atoms with Crippen LogP contribution < -0.4 is 15.8 Å². The molecule has 0 saturated heterocycles. The Morgan fingerprint density at radius 3 is 2.20 bits per heavy atom. The first-order valence-electron chi connectivity index (χ1n) is 5.31. The highest BCUT2D eigenvalue weighted by Gasteiger charge is 2.24. The highest BCUT2D eigenvalue weighted by atomic mass is 32.2. The van der Waals surface area contributed by atoms with Crippen molar-refractivity contribution in [3.63, 3.8) is 0 Å². The van der Waals surface area contributed by atoms with Gasteiger partial charge in [0, 0.05) is 13.1 Å². The van der Waals surface area contributed by atoms with Crippen molar-refractivity contribution in [3.05, 3.63) is 35.9 Å². The van der Waals surface area contributed by atoms with Gasteiger partial charge in [0.15, 0.2) is 23.3 Å². The summed E-state index contributed by atoms with van der Waals surface area (Å²) in [6.07, 6.45) is 1.05. The zero-order valence-electron chi connectivity index (χ0n) is 10.1. The van der Waals surface area contributed by atoms with Crippen LogP contribution in [-0.4, -0.2) is 19.0 Å². The maximum atomic E-state index is 13.4. The molecular weight excluding hydrogens is 298 g/mol. The maximum absolute atomic E-state index is 13.4. The molecular formula is C11H11F4N3OS. The van der Waals surface area contributed by atoms with Crippen LogP contribution in [0.1, 0.15) is 0 Å². The molecule has 4 N–H and O–H groups in total. The average molecular weight is 309 g/mol. The van der Waals surface area contributed by atoms with E-state index in [0.29, 0.717) is 11.9 Å². The van der Waals surface area contributed by atoms with Gasteiger partial charge in [-0.1, -0.05) is 6.58 Å². The molecule has 0 fully saturated rings. The first-order chi connectivity index (χ1) is 9.40. The first kappa shape index (κ1) is 16.3. The van der Waals surface area contributed by atoms with Crippen molar-refractivity contribution in [2.24, 2.45) is 0 Å². The zero-order valence-corrected chi connectivity index (χ0v) is 10.9. The minimum Gasteiger partial charge on any atom is -0.394 e. The Morgan fingerprint density at radius 2 is 1.70 bits per heavy atom. The molecule has 0 aromatic heterocycles. The lowest BCUT2D eigenvalue weighted by atomic mass is 10.2. The van der Waals surface area contributed by atoms with Gasteiger partial charge in [-0.25, -0.2) is 17.6 Å². The van der Waals surface area contributed by atoms with E-state index in [0.717, 1.165) is 6.08 Å². The summed E-state index contributed by atoms with van der Waals surface area (Å²) in [4.78, 5) is 9.91. The molecule has 20 heavy (non-hydrogen) atoms. The number of halogens is 4. The molecule has 0 bridgehead atoms. The van der Waals surface area contributed by atoms with Crippen LogP contribution in [0.4, 0.5) is 23.2 Å². The Morgan fingerprint density at radius 1 is 1.15 bits per heavy atom. The summed E-state index contributed by atoms with van der Waals surface area (Å²) in [6.45, 7) is 3.47. The summed E-state index contributed by atoms with van der Waals surface area (Å²) in [7, 11) is 0. The monoisotopic (exact) mass is 309 g/mol. The van der Waals surface area contributed by atoms with Gasteiger partial charge in [0.25, 0.3) is 0 Å². The third kappa shape index (κ3) is 3.64. The number of carbonyl (C=O) groups excluding carboxylic acids is 1. The smallest absolute Gasteiger partial charge is 0.243 e. The minimum atomic E-state index is -1.65. The van der Waals surface area contributed by atoms with Crippen molar-refractivity contribution in [1.29, 1.82) is 0 Å². The van der Waals surface area contributed by atoms with Crippen LogP contribution in [-0.2, 0) is 4.79 Å². The van der Waals surface area contributed by atoms with Crippen LogP contribution in [0.3, 0.4) is 0 Å². The number of nitrogens with one attached hydrogen (secondary N) is 2. The van der Waals surface area contributed by atoms with Crippen molar-refractivity contribution in [2.75, 3.05) is 18.8 Å². The maximum Gasteiger partial charge on any atom is 0.243 e. The minimum absolute atomic E-state index is 0.108. The third-order valence-corrected chi connectivity index (χ3v) is 3.05. The van der Waals surface area contributed by atoms with Gasteiger partial charge >= 0.3 is 0 Å². The first-order valence-corrected chi connectivity index (χ1v) is 6.13. The van der Waals surface area contributed by atoms with Crippen LogP contribution >= 0.6 is 11.9 Å². The van der Waals surface area contributed by atoms with E-state index in [2.05, 4.69) is 16.6 Å². The molecule has 0 unspecified atom stereocenters. The van der Waals surface area contributed by atoms with Gasteiger partial charge in [0.2, 0.25) is 5.91 Å². The number of anilines is 1. The number of hydrogen-bond acceptors (Lipinski definition) is 4. The van der Waals surface area contributed by atoms with Crippen molar-refractivity contribution in [2.45, 2.75) is 4.90 Å². The molecule has 110 valence electrons. The molecule has 0 spiro atoms. The van der Waals surface area contributed by atoms with Crippen molar-refractivity contribution in [3.8, 4) is 0 Å². The Balaban J connectivity index is 2.65. The molecule has 1 aromatic carbocycles. The van der Waals surface area contributed by atoms with E-state index in [1.54, 1.807) is 0 Å². The fraction of sp³-hybridized carbons (Fsp3) is 0.182. The number of nitrogen functional groups attached to an aromatic ring is 1. The fourth-order valence-corrected chi connectivity index (χ4v) is 1.86. The van der Waals surface area contributed by atoms with Gasteiger partial charge in [-0.05, 0) is 18.0 Å². The molecule has 0 aliphatic rings. The second kappa shape index (κ2) is 7.15. The molecule has 1 amide bonds. The van der Waals surface area contributed by atoms with E-state index in [9.17, 15) is 22.4 Å². The van der Waals surface area contributed by atoms with E-state index < -0.39 is 39.8 Å². The summed E-state index contributed by atoms with van der Waals surface area (Å²) < 4.78 is 55.5. The van der Waals surface area contributed by atoms with Crippen LogP contribution in [0.15, 0.2) is 17.6 Å². The van der Waals surface area contributed by atoms with E-state index in [4.69, 9.17) is 5.73 Å². The van der Waals surface area contributed by atoms with Crippen LogP contribution in [0, 0.1) is 23.3 Å². The van der Waals surface area contributed by atoms with E-state index in [1.807, 2.05) is 0 Å². The molecule has 9 heteroatoms. The molecule has 1 rings (SSSR count). The molecule has 0 atom stereocenters. The van der Waals surface area contributed by atoms with Gasteiger partial charge < -0.3 is 11.1 Å². The highest BCUT2D eigenvalue weighted by molar-refractivity contribution is 7.97. The molecule has 1 aromatic rings. The Bertz CT molecular complexity index is 510. The van der Waals surface area contributed by atoms with Gasteiger partial charge in [-0.15, -0.1) is 0 Å². The second-order valence-corrected chi connectivity index (χ2v) is 4.39. The lowest BCUT2D eigenvalue weighted by molar-refractivity contribution is -0.116. The van der Waals surface area contributed by atoms with Gasteiger partial charge in [-0.3, -0.25) is 9.52 Å². The van der Waals surface area contributed by atoms with Gasteiger partial charge in [0.1, 0.15) is 10.6 Å². The predicted octanol–water partition coefficient (Wildman–Crippen LogP) is 1.72. The summed E-state index contributed by atoms with van der Waals surface area (Å²) >= 11 is 0.357. The lowest BCUT2D eigenvalue weighted by Gasteiger charge is -2.09. The largest absolute Gasteiger partial charge is 0.394 e. The molecule has 0 saturated carbocycles. The summed E-state index contributed by atoms with van der Waals surface area (Å²) in [5.74, 6) is -6.86. The lowest BCUT2D eigenvalue weighted by Crippen LogP contribution is -2.28. The SMILES string of the molecule is C=CC(=O)NCCNSc1c(F)c(F)c(N)c(F)c1F. The molecule has 0 aliphatic carbocycles. The van der Waals surface area contributed by atoms with Crippen LogP contribution in [0.5, 0.6) is 0 Å². The van der Waals surface area contributed by atoms with Crippen LogP contribution in [0.25, 0.3) is 0 Å². The predicted molar refractivity (Wildman–Crippen MR) is 67.8 cm³/mol. The summed E-state index contributed by atoms with van der Waals surface area (Å²) in [5, 5.41) is 2.39. The quantitative estimate of drug-likeness (QED) is 0.187. The van der Waals surface area contributed by atoms with E-state index >= 15 is 0 Å². The van der Waals surface area contributed by atoms with Crippen molar-refractivity contribution in [1.82, 2.24) is 10.0 Å². The van der Waals surface area contributed by atoms with Crippen molar-refractivity contribution >= 4 is 23.5 Å². The fourth-order valence-electron chi connectivity index (χ4n) is 1.15. The van der Waals surface area contributed by atoms with Gasteiger partial charge in [0.05, 0.1) is 0 Å². The average Bonchev–Trinajstić information content (AvgIpc) is 2.45. The normalized spacial score (nSPS) is 10.4. The standard InChI is InChI=1S/C11H11F4N3OS/c1-2-5(19)17-3-4-18-20-11-8(14)6(12)10(16)7(13)9(11)15/h2,18H,1,3-4,16H2,(H,17,19). The molecule has 0 radical (unpaired) electrons. The Labute approximate surface area is 116 Å². The number of rotatable bonds is 6. The van der Waals surface area contributed by atoms with Crippen molar-refractivity contribution < 1.29 is 22.4 Å². The number of hydrogen-bond donors (Lipinski definition) is 3. The molecule has 0 aliphatic heterocycles.